The van der Waals surface area contributed by atoms with Crippen molar-refractivity contribution in [3.63, 3.8) is 0 Å². The fourth-order valence-corrected chi connectivity index (χ4v) is 4.12. The molecule has 128 valence electrons. The average Bonchev–Trinajstić information content (AvgIpc) is 2.57. The highest BCUT2D eigenvalue weighted by Gasteiger charge is 2.18. The summed E-state index contributed by atoms with van der Waals surface area (Å²) in [6.07, 6.45) is 0. The lowest BCUT2D eigenvalue weighted by atomic mass is 10.1. The van der Waals surface area contributed by atoms with Gasteiger partial charge in [0.05, 0.1) is 9.40 Å². The molecule has 0 spiro atoms. The number of non-ortho nitro benzene ring substituents is 1. The maximum absolute atomic E-state index is 12.3. The number of nitro benzene ring substituents is 1. The number of hydrogen-bond acceptors (Lipinski definition) is 5. The van der Waals surface area contributed by atoms with E-state index in [2.05, 4.69) is 15.9 Å². The van der Waals surface area contributed by atoms with Gasteiger partial charge in [-0.3, -0.25) is 10.1 Å². The second kappa shape index (κ2) is 6.81. The van der Waals surface area contributed by atoms with Gasteiger partial charge in [0.25, 0.3) is 5.69 Å². The summed E-state index contributed by atoms with van der Waals surface area (Å²) < 4.78 is 30.4. The summed E-state index contributed by atoms with van der Waals surface area (Å²) in [6, 6.07) is 16.2. The van der Waals surface area contributed by atoms with E-state index in [-0.39, 0.29) is 17.2 Å². The predicted octanol–water partition coefficient (Wildman–Crippen LogP) is 4.42. The highest BCUT2D eigenvalue weighted by molar-refractivity contribution is 9.10. The largest absolute Gasteiger partial charge is 0.381 e. The van der Waals surface area contributed by atoms with Gasteiger partial charge in [-0.25, -0.2) is 0 Å². The van der Waals surface area contributed by atoms with Gasteiger partial charge in [-0.2, -0.15) is 8.42 Å². The Hall–Kier alpha value is -2.45. The Balaban J connectivity index is 1.84. The van der Waals surface area contributed by atoms with Crippen molar-refractivity contribution in [3.05, 3.63) is 80.8 Å². The number of rotatable bonds is 5. The van der Waals surface area contributed by atoms with Crippen molar-refractivity contribution < 1.29 is 17.5 Å². The summed E-state index contributed by atoms with van der Waals surface area (Å²) in [4.78, 5) is 10.1. The van der Waals surface area contributed by atoms with Gasteiger partial charge in [0.15, 0.2) is 5.75 Å². The van der Waals surface area contributed by atoms with Crippen LogP contribution in [0.1, 0.15) is 5.56 Å². The van der Waals surface area contributed by atoms with E-state index in [0.29, 0.717) is 10.0 Å². The molecular weight excluding hydrogens is 410 g/mol. The maximum Gasteiger partial charge on any atom is 0.313 e. The molecule has 0 atom stereocenters. The number of fused-ring (bicyclic) bond motifs is 1. The van der Waals surface area contributed by atoms with Gasteiger partial charge in [0.2, 0.25) is 0 Å². The van der Waals surface area contributed by atoms with Crippen LogP contribution in [0.4, 0.5) is 5.69 Å². The third-order valence-electron chi connectivity index (χ3n) is 3.54. The van der Waals surface area contributed by atoms with Crippen molar-refractivity contribution in [1.29, 1.82) is 0 Å². The molecule has 0 saturated carbocycles. The topological polar surface area (TPSA) is 86.5 Å². The second-order valence-electron chi connectivity index (χ2n) is 5.31. The van der Waals surface area contributed by atoms with Crippen LogP contribution in [0.5, 0.6) is 5.75 Å². The van der Waals surface area contributed by atoms with Crippen LogP contribution in [0.25, 0.3) is 10.8 Å². The van der Waals surface area contributed by atoms with Crippen molar-refractivity contribution in [2.24, 2.45) is 0 Å². The highest BCUT2D eigenvalue weighted by atomic mass is 79.9. The van der Waals surface area contributed by atoms with Crippen molar-refractivity contribution in [3.8, 4) is 5.75 Å². The van der Waals surface area contributed by atoms with Gasteiger partial charge in [-0.05, 0) is 38.3 Å². The van der Waals surface area contributed by atoms with Crippen LogP contribution in [0.2, 0.25) is 0 Å². The Bertz CT molecular complexity index is 1050. The fourth-order valence-electron chi connectivity index (χ4n) is 2.36. The molecule has 8 heteroatoms. The van der Waals surface area contributed by atoms with Crippen LogP contribution < -0.4 is 4.18 Å². The number of nitrogens with zero attached hydrogens (tertiary/aromatic N) is 1. The summed E-state index contributed by atoms with van der Waals surface area (Å²) >= 11 is 3.38. The molecule has 25 heavy (non-hydrogen) atoms. The van der Waals surface area contributed by atoms with Crippen molar-refractivity contribution in [2.45, 2.75) is 5.75 Å². The monoisotopic (exact) mass is 421 g/mol. The minimum absolute atomic E-state index is 0.0978. The molecule has 0 heterocycles. The molecule has 0 radical (unpaired) electrons. The molecule has 0 aliphatic rings. The van der Waals surface area contributed by atoms with E-state index in [1.165, 1.54) is 24.3 Å². The zero-order valence-electron chi connectivity index (χ0n) is 12.8. The van der Waals surface area contributed by atoms with Crippen molar-refractivity contribution >= 4 is 42.5 Å². The van der Waals surface area contributed by atoms with Gasteiger partial charge < -0.3 is 4.18 Å². The summed E-state index contributed by atoms with van der Waals surface area (Å²) in [7, 11) is -3.91. The third kappa shape index (κ3) is 3.97. The Morgan fingerprint density at radius 2 is 1.68 bits per heavy atom. The van der Waals surface area contributed by atoms with Gasteiger partial charge in [0.1, 0.15) is 5.75 Å². The lowest BCUT2D eigenvalue weighted by Gasteiger charge is -2.10. The van der Waals surface area contributed by atoms with E-state index >= 15 is 0 Å². The minimum atomic E-state index is -3.91. The second-order valence-corrected chi connectivity index (χ2v) is 7.67. The number of halogens is 1. The first-order valence-corrected chi connectivity index (χ1v) is 9.55. The fraction of sp³-hybridized carbons (Fsp3) is 0.0588. The van der Waals surface area contributed by atoms with Crippen LogP contribution in [-0.4, -0.2) is 13.3 Å². The van der Waals surface area contributed by atoms with E-state index in [4.69, 9.17) is 4.18 Å². The third-order valence-corrected chi connectivity index (χ3v) is 5.47. The van der Waals surface area contributed by atoms with Crippen LogP contribution in [0.3, 0.4) is 0 Å². The molecule has 6 nitrogen and oxygen atoms in total. The van der Waals surface area contributed by atoms with E-state index < -0.39 is 15.0 Å². The highest BCUT2D eigenvalue weighted by Crippen LogP contribution is 2.34. The van der Waals surface area contributed by atoms with Crippen LogP contribution in [-0.2, 0) is 15.9 Å². The van der Waals surface area contributed by atoms with Gasteiger partial charge in [-0.15, -0.1) is 0 Å². The molecule has 3 rings (SSSR count). The molecule has 0 fully saturated rings. The van der Waals surface area contributed by atoms with Crippen LogP contribution in [0.15, 0.2) is 65.1 Å². The quantitative estimate of drug-likeness (QED) is 0.345. The zero-order valence-corrected chi connectivity index (χ0v) is 15.2. The van der Waals surface area contributed by atoms with Gasteiger partial charge in [0, 0.05) is 12.1 Å². The first kappa shape index (κ1) is 17.4. The first-order chi connectivity index (χ1) is 11.9. The Morgan fingerprint density at radius 3 is 2.36 bits per heavy atom. The lowest BCUT2D eigenvalue weighted by Crippen LogP contribution is -2.12. The standard InChI is InChI=1S/C17H12BrNO5S/c18-17-15-4-2-1-3-13(15)7-10-16(17)24-25(22,23)11-12-5-8-14(9-6-12)19(20)21/h1-10H,11H2. The summed E-state index contributed by atoms with van der Waals surface area (Å²) in [5.74, 6) is -0.190. The van der Waals surface area contributed by atoms with E-state index in [0.717, 1.165) is 10.8 Å². The van der Waals surface area contributed by atoms with Gasteiger partial charge >= 0.3 is 10.1 Å². The summed E-state index contributed by atoms with van der Waals surface area (Å²) in [5, 5.41) is 12.4. The first-order valence-electron chi connectivity index (χ1n) is 7.18. The molecule has 0 aliphatic heterocycles. The average molecular weight is 422 g/mol. The summed E-state index contributed by atoms with van der Waals surface area (Å²) in [5.41, 5.74) is 0.307. The van der Waals surface area contributed by atoms with E-state index in [1.54, 1.807) is 12.1 Å². The van der Waals surface area contributed by atoms with Gasteiger partial charge in [-0.1, -0.05) is 42.5 Å². The van der Waals surface area contributed by atoms with E-state index in [1.807, 2.05) is 24.3 Å². The maximum atomic E-state index is 12.3. The number of nitro groups is 1. The minimum Gasteiger partial charge on any atom is -0.381 e. The van der Waals surface area contributed by atoms with Crippen molar-refractivity contribution in [2.75, 3.05) is 0 Å². The number of hydrogen-bond donors (Lipinski definition) is 0. The molecule has 0 N–H and O–H groups in total. The molecule has 0 aliphatic carbocycles. The molecule has 3 aromatic carbocycles. The van der Waals surface area contributed by atoms with E-state index in [9.17, 15) is 18.5 Å². The summed E-state index contributed by atoms with van der Waals surface area (Å²) in [6.45, 7) is 0. The molecule has 0 saturated heterocycles. The Morgan fingerprint density at radius 1 is 1.00 bits per heavy atom. The number of benzene rings is 3. The molecule has 3 aromatic rings. The molecule has 0 bridgehead atoms. The molecule has 0 unspecified atom stereocenters. The van der Waals surface area contributed by atoms with Crippen molar-refractivity contribution in [1.82, 2.24) is 0 Å². The molecular formula is C17H12BrNO5S. The Kier molecular flexibility index (Phi) is 4.73. The Labute approximate surface area is 152 Å². The normalized spacial score (nSPS) is 11.4. The smallest absolute Gasteiger partial charge is 0.313 e. The van der Waals surface area contributed by atoms with Crippen LogP contribution in [0, 0.1) is 10.1 Å². The SMILES string of the molecule is O=[N+]([O-])c1ccc(CS(=O)(=O)Oc2ccc3ccccc3c2Br)cc1. The predicted molar refractivity (Wildman–Crippen MR) is 98.0 cm³/mol. The zero-order chi connectivity index (χ0) is 18.0. The molecule has 0 amide bonds. The molecule has 0 aromatic heterocycles. The van der Waals surface area contributed by atoms with Crippen LogP contribution >= 0.6 is 15.9 Å². The lowest BCUT2D eigenvalue weighted by molar-refractivity contribution is -0.384.